The quantitative estimate of drug-likeness (QED) is 0.197. The van der Waals surface area contributed by atoms with E-state index in [4.69, 9.17) is 11.5 Å². The minimum absolute atomic E-state index is 0.0654. The van der Waals surface area contributed by atoms with Gasteiger partial charge in [0.25, 0.3) is 0 Å². The van der Waals surface area contributed by atoms with E-state index in [0.717, 1.165) is 16.5 Å². The Hall–Kier alpha value is -3.58. The molecule has 1 aliphatic heterocycles. The Kier molecular flexibility index (Phi) is 10.1. The number of H-pyrrole nitrogens is 1. The molecule has 1 aromatic heterocycles. The van der Waals surface area contributed by atoms with Crippen LogP contribution in [0.3, 0.4) is 0 Å². The van der Waals surface area contributed by atoms with Gasteiger partial charge in [0.2, 0.25) is 23.6 Å². The fourth-order valence-electron chi connectivity index (χ4n) is 4.57. The largest absolute Gasteiger partial charge is 0.480 e. The highest BCUT2D eigenvalue weighted by Gasteiger charge is 2.39. The molecule has 13 heteroatoms. The number of hydrogen-bond acceptors (Lipinski definition) is 7. The van der Waals surface area contributed by atoms with Gasteiger partial charge in [0.05, 0.1) is 12.5 Å². The third-order valence-electron chi connectivity index (χ3n) is 6.54. The summed E-state index contributed by atoms with van der Waals surface area (Å²) in [5, 5.41) is 15.9. The minimum Gasteiger partial charge on any atom is -0.480 e. The first-order valence-electron chi connectivity index (χ1n) is 12.3. The number of aliphatic carboxylic acids is 1. The molecule has 38 heavy (non-hydrogen) atoms. The number of para-hydroxylation sites is 1. The maximum absolute atomic E-state index is 13.4. The van der Waals surface area contributed by atoms with Gasteiger partial charge in [-0.15, -0.1) is 0 Å². The van der Waals surface area contributed by atoms with Crippen molar-refractivity contribution in [1.29, 1.82) is 0 Å². The van der Waals surface area contributed by atoms with E-state index >= 15 is 0 Å². The summed E-state index contributed by atoms with van der Waals surface area (Å²) in [6, 6.07) is 3.24. The number of amides is 4. The number of rotatable bonds is 13. The van der Waals surface area contributed by atoms with Crippen LogP contribution in [0.4, 0.5) is 0 Å². The molecule has 12 nitrogen and oxygen atoms in total. The van der Waals surface area contributed by atoms with E-state index < -0.39 is 53.8 Å². The van der Waals surface area contributed by atoms with E-state index in [-0.39, 0.29) is 25.8 Å². The zero-order valence-corrected chi connectivity index (χ0v) is 22.0. The van der Waals surface area contributed by atoms with E-state index in [9.17, 15) is 29.1 Å². The number of carbonyl (C=O) groups is 5. The molecular formula is C25H34N6O6S. The highest BCUT2D eigenvalue weighted by Crippen LogP contribution is 2.22. The van der Waals surface area contributed by atoms with Crippen LogP contribution in [0.5, 0.6) is 0 Å². The molecule has 1 fully saturated rings. The number of nitrogens with one attached hydrogen (secondary N) is 3. The third kappa shape index (κ3) is 7.25. The standard InChI is InChI=1S/C25H34N6O6S/c1-38-10-8-18(29-22(33)16(26)12-21(27)32)24(35)31-9-4-7-20(31)23(34)30-19(25(36)37)11-14-13-28-17-6-3-2-5-15(14)17/h2-3,5-6,13,16,18-20,28H,4,7-12,26H2,1H3,(H2,27,32)(H,29,33)(H,30,34)(H,36,37). The van der Waals surface area contributed by atoms with Gasteiger partial charge in [-0.05, 0) is 42.9 Å². The average molecular weight is 547 g/mol. The number of primary amides is 1. The van der Waals surface area contributed by atoms with Crippen LogP contribution in [0.15, 0.2) is 30.5 Å². The molecule has 8 N–H and O–H groups in total. The lowest BCUT2D eigenvalue weighted by Gasteiger charge is -2.30. The number of likely N-dealkylation sites (tertiary alicyclic amines) is 1. The van der Waals surface area contributed by atoms with Crippen molar-refractivity contribution in [1.82, 2.24) is 20.5 Å². The molecular weight excluding hydrogens is 512 g/mol. The maximum Gasteiger partial charge on any atom is 0.326 e. The monoisotopic (exact) mass is 546 g/mol. The van der Waals surface area contributed by atoms with E-state index in [1.54, 1.807) is 6.20 Å². The van der Waals surface area contributed by atoms with Gasteiger partial charge in [-0.3, -0.25) is 19.2 Å². The number of fused-ring (bicyclic) bond motifs is 1. The van der Waals surface area contributed by atoms with Gasteiger partial charge in [-0.1, -0.05) is 18.2 Å². The van der Waals surface area contributed by atoms with Crippen LogP contribution < -0.4 is 22.1 Å². The van der Waals surface area contributed by atoms with E-state index in [1.165, 1.54) is 16.7 Å². The Labute approximate surface area is 224 Å². The fraction of sp³-hybridized carbons (Fsp3) is 0.480. The highest BCUT2D eigenvalue weighted by molar-refractivity contribution is 7.98. The van der Waals surface area contributed by atoms with Gasteiger partial charge in [-0.25, -0.2) is 4.79 Å². The van der Waals surface area contributed by atoms with Crippen molar-refractivity contribution in [3.05, 3.63) is 36.0 Å². The van der Waals surface area contributed by atoms with Crippen molar-refractivity contribution in [2.45, 2.75) is 56.3 Å². The lowest BCUT2D eigenvalue weighted by Crippen LogP contribution is -2.57. The molecule has 0 aliphatic carbocycles. The Morgan fingerprint density at radius 2 is 1.92 bits per heavy atom. The molecule has 1 aromatic carbocycles. The zero-order chi connectivity index (χ0) is 27.8. The molecule has 206 valence electrons. The Balaban J connectivity index is 1.71. The smallest absolute Gasteiger partial charge is 0.326 e. The summed E-state index contributed by atoms with van der Waals surface area (Å²) in [6.07, 6.45) is 4.48. The van der Waals surface area contributed by atoms with Crippen molar-refractivity contribution in [2.75, 3.05) is 18.6 Å². The van der Waals surface area contributed by atoms with Crippen LogP contribution in [0, 0.1) is 0 Å². The van der Waals surface area contributed by atoms with Crippen molar-refractivity contribution < 1.29 is 29.1 Å². The molecule has 2 heterocycles. The predicted molar refractivity (Wildman–Crippen MR) is 143 cm³/mol. The van der Waals surface area contributed by atoms with Gasteiger partial charge >= 0.3 is 5.97 Å². The van der Waals surface area contributed by atoms with Crippen molar-refractivity contribution in [3.63, 3.8) is 0 Å². The lowest BCUT2D eigenvalue weighted by atomic mass is 10.0. The summed E-state index contributed by atoms with van der Waals surface area (Å²) in [7, 11) is 0. The topological polar surface area (TPSA) is 201 Å². The summed E-state index contributed by atoms with van der Waals surface area (Å²) < 4.78 is 0. The molecule has 2 aromatic rings. The number of carbonyl (C=O) groups excluding carboxylic acids is 4. The first-order valence-corrected chi connectivity index (χ1v) is 13.7. The van der Waals surface area contributed by atoms with Crippen LogP contribution >= 0.6 is 11.8 Å². The van der Waals surface area contributed by atoms with Crippen molar-refractivity contribution in [2.24, 2.45) is 11.5 Å². The molecule has 1 saturated heterocycles. The van der Waals surface area contributed by atoms with Gasteiger partial charge in [0.15, 0.2) is 0 Å². The molecule has 4 unspecified atom stereocenters. The average Bonchev–Trinajstić information content (AvgIpc) is 3.53. The SMILES string of the molecule is CSCCC(NC(=O)C(N)CC(N)=O)C(=O)N1CCCC1C(=O)NC(Cc1c[nH]c2ccccc12)C(=O)O. The maximum atomic E-state index is 13.4. The first kappa shape index (κ1) is 29.0. The number of carboxylic acids is 1. The Morgan fingerprint density at radius 1 is 1.18 bits per heavy atom. The number of nitrogens with zero attached hydrogens (tertiary/aromatic N) is 1. The van der Waals surface area contributed by atoms with E-state index in [0.29, 0.717) is 18.6 Å². The third-order valence-corrected chi connectivity index (χ3v) is 7.18. The second kappa shape index (κ2) is 13.3. The van der Waals surface area contributed by atoms with Crippen LogP contribution in [0.25, 0.3) is 10.9 Å². The number of nitrogens with two attached hydrogens (primary N) is 2. The molecule has 0 saturated carbocycles. The molecule has 1 aliphatic rings. The zero-order valence-electron chi connectivity index (χ0n) is 21.1. The summed E-state index contributed by atoms with van der Waals surface area (Å²) in [4.78, 5) is 66.8. The number of carboxylic acid groups (broad SMARTS) is 1. The van der Waals surface area contributed by atoms with Crippen LogP contribution in [0.1, 0.15) is 31.2 Å². The highest BCUT2D eigenvalue weighted by atomic mass is 32.2. The first-order chi connectivity index (χ1) is 18.1. The summed E-state index contributed by atoms with van der Waals surface area (Å²) in [6.45, 7) is 0.288. The normalized spacial score (nSPS) is 17.5. The molecule has 0 radical (unpaired) electrons. The lowest BCUT2D eigenvalue weighted by molar-refractivity contribution is -0.144. The second-order valence-electron chi connectivity index (χ2n) is 9.27. The molecule has 0 bridgehead atoms. The van der Waals surface area contributed by atoms with E-state index in [1.807, 2.05) is 30.5 Å². The number of thioether (sulfide) groups is 1. The summed E-state index contributed by atoms with van der Waals surface area (Å²) in [5.74, 6) is -3.08. The van der Waals surface area contributed by atoms with Crippen molar-refractivity contribution >= 4 is 52.3 Å². The summed E-state index contributed by atoms with van der Waals surface area (Å²) in [5.41, 5.74) is 12.5. The Morgan fingerprint density at radius 3 is 2.61 bits per heavy atom. The van der Waals surface area contributed by atoms with Crippen LogP contribution in [-0.2, 0) is 30.4 Å². The number of aromatic amines is 1. The minimum atomic E-state index is -1.20. The molecule has 4 atom stereocenters. The van der Waals surface area contributed by atoms with E-state index in [2.05, 4.69) is 15.6 Å². The van der Waals surface area contributed by atoms with Crippen molar-refractivity contribution in [3.8, 4) is 0 Å². The fourth-order valence-corrected chi connectivity index (χ4v) is 5.04. The molecule has 3 rings (SSSR count). The Bertz CT molecular complexity index is 1190. The van der Waals surface area contributed by atoms with Crippen LogP contribution in [-0.4, -0.2) is 87.3 Å². The van der Waals surface area contributed by atoms with Gasteiger partial charge < -0.3 is 37.1 Å². The molecule has 0 spiro atoms. The van der Waals surface area contributed by atoms with Crippen LogP contribution in [0.2, 0.25) is 0 Å². The predicted octanol–water partition coefficient (Wildman–Crippen LogP) is -0.289. The summed E-state index contributed by atoms with van der Waals surface area (Å²) >= 11 is 1.48. The number of benzene rings is 1. The second-order valence-corrected chi connectivity index (χ2v) is 10.3. The number of aromatic nitrogens is 1. The number of hydrogen-bond donors (Lipinski definition) is 6. The molecule has 4 amide bonds. The van der Waals surface area contributed by atoms with Gasteiger partial charge in [0, 0.05) is 30.1 Å². The van der Waals surface area contributed by atoms with Gasteiger partial charge in [-0.2, -0.15) is 11.8 Å². The van der Waals surface area contributed by atoms with Gasteiger partial charge in [0.1, 0.15) is 18.1 Å².